The monoisotopic (exact) mass is 850 g/mol. The molecule has 0 unspecified atom stereocenters. The minimum Gasteiger partial charge on any atom is -0.469 e. The molecule has 11 nitrogen and oxygen atoms in total. The fraction of sp³-hybridized carbons (Fsp3) is 0.686. The van der Waals surface area contributed by atoms with Crippen LogP contribution in [0.25, 0.3) is 0 Å². The molecular formula is C51H75N7O4. The average molecular weight is 850 g/mol. The predicted octanol–water partition coefficient (Wildman–Crippen LogP) is 8.84. The molecule has 4 amide bonds. The van der Waals surface area contributed by atoms with Crippen molar-refractivity contribution in [3.63, 3.8) is 0 Å². The third-order valence-corrected chi connectivity index (χ3v) is 16.6. The first-order chi connectivity index (χ1) is 29.9. The molecule has 62 heavy (non-hydrogen) atoms. The second-order valence-corrected chi connectivity index (χ2v) is 20.2. The normalized spacial score (nSPS) is 28.9. The van der Waals surface area contributed by atoms with Crippen LogP contribution in [0.3, 0.4) is 0 Å². The fourth-order valence-electron chi connectivity index (χ4n) is 12.0. The quantitative estimate of drug-likeness (QED) is 0.130. The Kier molecular flexibility index (Phi) is 14.6. The molecule has 6 aliphatic rings. The van der Waals surface area contributed by atoms with Crippen molar-refractivity contribution in [3.05, 3.63) is 71.8 Å². The van der Waals surface area contributed by atoms with Crippen molar-refractivity contribution >= 4 is 18.0 Å². The Morgan fingerprint density at radius 3 is 1.40 bits per heavy atom. The summed E-state index contributed by atoms with van der Waals surface area (Å²) in [6.07, 6.45) is 18.3. The molecule has 0 radical (unpaired) electrons. The number of hydrogen-bond donors (Lipinski definition) is 0. The molecule has 0 bridgehead atoms. The van der Waals surface area contributed by atoms with E-state index in [9.17, 15) is 14.4 Å². The summed E-state index contributed by atoms with van der Waals surface area (Å²) in [6.45, 7) is 4.79. The SMILES string of the molecule is CN(C)C1(c2ccccc2)CCC2(CC1)CN(CCCC#N)C(=O)N2CC1CCC1.COC(=O)CCCN1CC2(CCC(c3ccccc3)(N(C)C)CC2)N(CC2CCC2)C1=O. The van der Waals surface area contributed by atoms with Crippen LogP contribution in [0.2, 0.25) is 0 Å². The highest BCUT2D eigenvalue weighted by Crippen LogP contribution is 2.51. The van der Waals surface area contributed by atoms with Crippen LogP contribution in [0, 0.1) is 23.2 Å². The lowest BCUT2D eigenvalue weighted by Gasteiger charge is -2.51. The summed E-state index contributed by atoms with van der Waals surface area (Å²) in [5.74, 6) is 1.13. The number of carbonyl (C=O) groups excluding carboxylic acids is 3. The van der Waals surface area contributed by atoms with E-state index < -0.39 is 0 Å². The zero-order valence-corrected chi connectivity index (χ0v) is 38.7. The Bertz CT molecular complexity index is 1840. The van der Waals surface area contributed by atoms with E-state index in [0.29, 0.717) is 44.2 Å². The summed E-state index contributed by atoms with van der Waals surface area (Å²) >= 11 is 0. The van der Waals surface area contributed by atoms with Crippen LogP contribution < -0.4 is 0 Å². The molecule has 11 heteroatoms. The number of ether oxygens (including phenoxy) is 1. The molecule has 0 N–H and O–H groups in total. The third-order valence-electron chi connectivity index (χ3n) is 16.6. The first kappa shape index (κ1) is 45.9. The standard InChI is InChI=1S/C26H39N3O3.C25H36N4O/c1-27(2)26(22-11-5-4-6-12-22)16-14-25(15-17-26)20-28(18-8-13-23(30)32-3)24(31)29(25)19-21-9-7-10-21;1-27(2)25(22-11-4-3-5-12-22)15-13-24(14-16-25)20-28(18-7-6-17-26)23(30)29(24)19-21-9-8-10-21/h4-6,11-12,21H,7-10,13-20H2,1-3H3;3-5,11-12,21H,6-10,13-16,18-20H2,1-2H3. The number of unbranched alkanes of at least 4 members (excludes halogenated alkanes) is 1. The Hall–Kier alpha value is -4.14. The van der Waals surface area contributed by atoms with E-state index in [1.54, 1.807) is 0 Å². The zero-order chi connectivity index (χ0) is 44.0. The Balaban J connectivity index is 0.000000187. The summed E-state index contributed by atoms with van der Waals surface area (Å²) in [5.41, 5.74) is 2.73. The molecule has 4 aliphatic carbocycles. The average Bonchev–Trinajstić information content (AvgIpc) is 3.65. The number of nitriles is 1. The van der Waals surface area contributed by atoms with Gasteiger partial charge >= 0.3 is 18.0 Å². The van der Waals surface area contributed by atoms with E-state index in [-0.39, 0.29) is 40.2 Å². The number of methoxy groups -OCH3 is 1. The van der Waals surface area contributed by atoms with Crippen LogP contribution in [-0.4, -0.2) is 133 Å². The molecule has 338 valence electrons. The van der Waals surface area contributed by atoms with E-state index >= 15 is 0 Å². The molecule has 0 aromatic heterocycles. The van der Waals surface area contributed by atoms with Gasteiger partial charge in [-0.3, -0.25) is 14.6 Å². The zero-order valence-electron chi connectivity index (χ0n) is 38.7. The predicted molar refractivity (Wildman–Crippen MR) is 244 cm³/mol. The largest absolute Gasteiger partial charge is 0.469 e. The second-order valence-electron chi connectivity index (χ2n) is 20.2. The molecule has 2 aromatic carbocycles. The van der Waals surface area contributed by atoms with Gasteiger partial charge in [-0.1, -0.05) is 73.5 Å². The van der Waals surface area contributed by atoms with E-state index in [0.717, 1.165) is 84.0 Å². The molecule has 2 heterocycles. The number of hydrogen-bond acceptors (Lipinski definition) is 7. The van der Waals surface area contributed by atoms with Gasteiger partial charge in [0.25, 0.3) is 0 Å². The summed E-state index contributed by atoms with van der Waals surface area (Å²) in [4.78, 5) is 51.7. The number of urea groups is 2. The number of rotatable bonds is 15. The number of amides is 4. The van der Waals surface area contributed by atoms with Crippen molar-refractivity contribution in [2.24, 2.45) is 11.8 Å². The molecule has 2 spiro atoms. The van der Waals surface area contributed by atoms with Gasteiger partial charge in [0.1, 0.15) is 0 Å². The summed E-state index contributed by atoms with van der Waals surface area (Å²) < 4.78 is 4.78. The lowest BCUT2D eigenvalue weighted by molar-refractivity contribution is -0.140. The van der Waals surface area contributed by atoms with Crippen molar-refractivity contribution < 1.29 is 19.1 Å². The van der Waals surface area contributed by atoms with E-state index in [2.05, 4.69) is 115 Å². The van der Waals surface area contributed by atoms with Crippen LogP contribution in [0.1, 0.15) is 127 Å². The van der Waals surface area contributed by atoms with Gasteiger partial charge in [0.15, 0.2) is 0 Å². The van der Waals surface area contributed by atoms with Crippen LogP contribution in [0.15, 0.2) is 60.7 Å². The van der Waals surface area contributed by atoms with Crippen LogP contribution >= 0.6 is 0 Å². The van der Waals surface area contributed by atoms with Gasteiger partial charge in [-0.05, 0) is 141 Å². The van der Waals surface area contributed by atoms with Gasteiger partial charge in [0.05, 0.1) is 24.3 Å². The van der Waals surface area contributed by atoms with Crippen molar-refractivity contribution in [1.82, 2.24) is 29.4 Å². The van der Waals surface area contributed by atoms with E-state index in [4.69, 9.17) is 10.00 Å². The second kappa shape index (κ2) is 19.7. The lowest BCUT2D eigenvalue weighted by Crippen LogP contribution is -2.56. The van der Waals surface area contributed by atoms with Crippen LogP contribution in [-0.2, 0) is 20.6 Å². The van der Waals surface area contributed by atoms with E-state index in [1.165, 1.54) is 56.8 Å². The summed E-state index contributed by atoms with van der Waals surface area (Å²) in [5, 5.41) is 8.91. The molecule has 0 atom stereocenters. The highest BCUT2D eigenvalue weighted by atomic mass is 16.5. The molecule has 6 fully saturated rings. The van der Waals surface area contributed by atoms with Crippen molar-refractivity contribution in [2.45, 2.75) is 138 Å². The van der Waals surface area contributed by atoms with Gasteiger partial charge in [-0.25, -0.2) is 9.59 Å². The highest BCUT2D eigenvalue weighted by Gasteiger charge is 2.56. The molecular weight excluding hydrogens is 775 g/mol. The lowest BCUT2D eigenvalue weighted by atomic mass is 9.68. The van der Waals surface area contributed by atoms with Crippen molar-refractivity contribution in [2.75, 3.05) is 74.6 Å². The maximum absolute atomic E-state index is 13.5. The number of benzene rings is 2. The summed E-state index contributed by atoms with van der Waals surface area (Å²) in [7, 11) is 10.2. The molecule has 2 aromatic rings. The van der Waals surface area contributed by atoms with E-state index in [1.807, 2.05) is 9.80 Å². The van der Waals surface area contributed by atoms with Crippen LogP contribution in [0.5, 0.6) is 0 Å². The van der Waals surface area contributed by atoms with Crippen molar-refractivity contribution in [1.29, 1.82) is 5.26 Å². The topological polar surface area (TPSA) is 104 Å². The maximum atomic E-state index is 13.5. The number of carbonyl (C=O) groups is 3. The maximum Gasteiger partial charge on any atom is 0.320 e. The van der Waals surface area contributed by atoms with Crippen molar-refractivity contribution in [3.8, 4) is 6.07 Å². The molecule has 8 rings (SSSR count). The van der Waals surface area contributed by atoms with Gasteiger partial charge in [0.2, 0.25) is 0 Å². The van der Waals surface area contributed by atoms with Crippen LogP contribution in [0.4, 0.5) is 9.59 Å². The Morgan fingerprint density at radius 2 is 1.06 bits per heavy atom. The van der Waals surface area contributed by atoms with Gasteiger partial charge in [0, 0.05) is 63.2 Å². The number of nitrogens with zero attached hydrogens (tertiary/aromatic N) is 7. The smallest absolute Gasteiger partial charge is 0.320 e. The third kappa shape index (κ3) is 9.24. The Morgan fingerprint density at radius 1 is 0.661 bits per heavy atom. The number of esters is 1. The first-order valence-electron chi connectivity index (χ1n) is 23.9. The van der Waals surface area contributed by atoms with Gasteiger partial charge in [-0.2, -0.15) is 5.26 Å². The summed E-state index contributed by atoms with van der Waals surface area (Å²) in [6, 6.07) is 24.4. The molecule has 2 saturated heterocycles. The van der Waals surface area contributed by atoms with Gasteiger partial charge < -0.3 is 24.3 Å². The Labute approximate surface area is 372 Å². The minimum absolute atomic E-state index is 0.0238. The highest BCUT2D eigenvalue weighted by molar-refractivity contribution is 5.79. The van der Waals surface area contributed by atoms with Gasteiger partial charge in [-0.15, -0.1) is 0 Å². The minimum atomic E-state index is -0.200. The first-order valence-corrected chi connectivity index (χ1v) is 23.9. The molecule has 4 saturated carbocycles. The molecule has 2 aliphatic heterocycles. The fourth-order valence-corrected chi connectivity index (χ4v) is 12.0.